The second-order valence-electron chi connectivity index (χ2n) is 5.34. The second-order valence-corrected chi connectivity index (χ2v) is 5.34. The zero-order valence-electron chi connectivity index (χ0n) is 11.3. The molecule has 0 aromatic carbocycles. The van der Waals surface area contributed by atoms with Gasteiger partial charge in [-0.05, 0) is 32.3 Å². The van der Waals surface area contributed by atoms with Gasteiger partial charge in [0.15, 0.2) is 5.82 Å². The first-order chi connectivity index (χ1) is 9.20. The summed E-state index contributed by atoms with van der Waals surface area (Å²) in [5, 5.41) is 11.6. The summed E-state index contributed by atoms with van der Waals surface area (Å²) in [4.78, 5) is 4.39. The van der Waals surface area contributed by atoms with Gasteiger partial charge >= 0.3 is 0 Å². The molecule has 1 aliphatic rings. The van der Waals surface area contributed by atoms with E-state index in [0.717, 1.165) is 12.4 Å². The van der Waals surface area contributed by atoms with Crippen molar-refractivity contribution >= 4 is 0 Å². The molecular weight excluding hydrogens is 242 g/mol. The Labute approximate surface area is 112 Å². The van der Waals surface area contributed by atoms with Gasteiger partial charge in [0.05, 0.1) is 19.3 Å². The van der Waals surface area contributed by atoms with Crippen LogP contribution in [-0.4, -0.2) is 26.0 Å². The van der Waals surface area contributed by atoms with E-state index in [1.807, 2.05) is 24.0 Å². The molecule has 1 N–H and O–H groups in total. The molecule has 0 amide bonds. The van der Waals surface area contributed by atoms with E-state index >= 15 is 0 Å². The van der Waals surface area contributed by atoms with Crippen LogP contribution in [0.25, 0.3) is 0 Å². The standard InChI is InChI=1S/C13H19N5O/c1-9-5-15-18(7-9)8-10(2)14-6-12-16-13(17-19-12)11-3-4-11/h5,7,10-11,14H,3-4,6,8H2,1-2H3/t10-/m1/s1. The van der Waals surface area contributed by atoms with Gasteiger partial charge in [0.25, 0.3) is 0 Å². The van der Waals surface area contributed by atoms with Crippen molar-refractivity contribution < 1.29 is 4.52 Å². The highest BCUT2D eigenvalue weighted by molar-refractivity contribution is 5.03. The van der Waals surface area contributed by atoms with Crippen LogP contribution in [0, 0.1) is 6.92 Å². The number of rotatable bonds is 6. The molecule has 6 nitrogen and oxygen atoms in total. The van der Waals surface area contributed by atoms with Crippen molar-refractivity contribution in [2.75, 3.05) is 0 Å². The highest BCUT2D eigenvalue weighted by Crippen LogP contribution is 2.37. The summed E-state index contributed by atoms with van der Waals surface area (Å²) >= 11 is 0. The van der Waals surface area contributed by atoms with Crippen molar-refractivity contribution in [3.8, 4) is 0 Å². The maximum Gasteiger partial charge on any atom is 0.240 e. The predicted octanol–water partition coefficient (Wildman–Crippen LogP) is 1.63. The van der Waals surface area contributed by atoms with Gasteiger partial charge in [-0.3, -0.25) is 4.68 Å². The molecule has 0 unspecified atom stereocenters. The molecule has 102 valence electrons. The fourth-order valence-electron chi connectivity index (χ4n) is 2.02. The highest BCUT2D eigenvalue weighted by Gasteiger charge is 2.28. The van der Waals surface area contributed by atoms with Gasteiger partial charge < -0.3 is 9.84 Å². The zero-order valence-corrected chi connectivity index (χ0v) is 11.3. The van der Waals surface area contributed by atoms with Crippen molar-refractivity contribution in [3.05, 3.63) is 29.7 Å². The number of hydrogen-bond acceptors (Lipinski definition) is 5. The van der Waals surface area contributed by atoms with Crippen LogP contribution in [0.2, 0.25) is 0 Å². The first-order valence-corrected chi connectivity index (χ1v) is 6.75. The van der Waals surface area contributed by atoms with Gasteiger partial charge in [-0.2, -0.15) is 10.1 Å². The topological polar surface area (TPSA) is 68.8 Å². The fourth-order valence-corrected chi connectivity index (χ4v) is 2.02. The van der Waals surface area contributed by atoms with Crippen LogP contribution >= 0.6 is 0 Å². The molecule has 0 spiro atoms. The molecule has 3 rings (SSSR count). The van der Waals surface area contributed by atoms with E-state index < -0.39 is 0 Å². The van der Waals surface area contributed by atoms with Gasteiger partial charge in [-0.25, -0.2) is 0 Å². The summed E-state index contributed by atoms with van der Waals surface area (Å²) in [6.45, 7) is 5.60. The van der Waals surface area contributed by atoms with Crippen LogP contribution in [0.4, 0.5) is 0 Å². The lowest BCUT2D eigenvalue weighted by Crippen LogP contribution is -2.30. The lowest BCUT2D eigenvalue weighted by Gasteiger charge is -2.11. The Morgan fingerprint density at radius 2 is 2.37 bits per heavy atom. The minimum atomic E-state index is 0.301. The van der Waals surface area contributed by atoms with Crippen molar-refractivity contribution in [2.45, 2.75) is 51.7 Å². The highest BCUT2D eigenvalue weighted by atomic mass is 16.5. The van der Waals surface area contributed by atoms with E-state index in [-0.39, 0.29) is 0 Å². The Morgan fingerprint density at radius 1 is 1.53 bits per heavy atom. The third-order valence-corrected chi connectivity index (χ3v) is 3.25. The summed E-state index contributed by atoms with van der Waals surface area (Å²) < 4.78 is 7.17. The molecule has 2 heterocycles. The molecule has 0 aliphatic heterocycles. The summed E-state index contributed by atoms with van der Waals surface area (Å²) in [6.07, 6.45) is 6.30. The smallest absolute Gasteiger partial charge is 0.240 e. The van der Waals surface area contributed by atoms with Crippen LogP contribution in [0.15, 0.2) is 16.9 Å². The van der Waals surface area contributed by atoms with Gasteiger partial charge in [0, 0.05) is 18.2 Å². The van der Waals surface area contributed by atoms with Crippen molar-refractivity contribution in [3.63, 3.8) is 0 Å². The Bertz CT molecular complexity index is 543. The first kappa shape index (κ1) is 12.3. The zero-order chi connectivity index (χ0) is 13.2. The third-order valence-electron chi connectivity index (χ3n) is 3.25. The van der Waals surface area contributed by atoms with E-state index in [1.54, 1.807) is 0 Å². The van der Waals surface area contributed by atoms with E-state index in [2.05, 4.69) is 27.5 Å². The lowest BCUT2D eigenvalue weighted by atomic mass is 10.3. The number of nitrogens with zero attached hydrogens (tertiary/aromatic N) is 4. The van der Waals surface area contributed by atoms with Crippen LogP contribution in [0.1, 0.15) is 43.0 Å². The third kappa shape index (κ3) is 3.20. The quantitative estimate of drug-likeness (QED) is 0.856. The Balaban J connectivity index is 1.47. The molecule has 6 heteroatoms. The number of hydrogen-bond donors (Lipinski definition) is 1. The molecule has 0 radical (unpaired) electrons. The SMILES string of the molecule is Cc1cnn(C[C@@H](C)NCc2nc(C3CC3)no2)c1. The van der Waals surface area contributed by atoms with Gasteiger partial charge in [0.1, 0.15) is 0 Å². The van der Waals surface area contributed by atoms with E-state index in [4.69, 9.17) is 4.52 Å². The average Bonchev–Trinajstić information content (AvgIpc) is 2.99. The maximum atomic E-state index is 5.22. The van der Waals surface area contributed by atoms with Crippen LogP contribution in [0.3, 0.4) is 0 Å². The van der Waals surface area contributed by atoms with Crippen molar-refractivity contribution in [1.82, 2.24) is 25.2 Å². The molecule has 1 fully saturated rings. The van der Waals surface area contributed by atoms with Gasteiger partial charge in [-0.15, -0.1) is 0 Å². The summed E-state index contributed by atoms with van der Waals surface area (Å²) in [5.41, 5.74) is 1.18. The predicted molar refractivity (Wildman–Crippen MR) is 69.5 cm³/mol. The molecule has 1 aliphatic carbocycles. The molecule has 1 saturated carbocycles. The van der Waals surface area contributed by atoms with E-state index in [0.29, 0.717) is 24.4 Å². The first-order valence-electron chi connectivity index (χ1n) is 6.75. The van der Waals surface area contributed by atoms with Gasteiger partial charge in [-0.1, -0.05) is 5.16 Å². The molecule has 2 aromatic heterocycles. The normalized spacial score (nSPS) is 16.7. The van der Waals surface area contributed by atoms with Gasteiger partial charge in [0.2, 0.25) is 5.89 Å². The molecule has 2 aromatic rings. The van der Waals surface area contributed by atoms with Crippen LogP contribution in [-0.2, 0) is 13.1 Å². The van der Waals surface area contributed by atoms with E-state index in [1.165, 1.54) is 18.4 Å². The monoisotopic (exact) mass is 261 g/mol. The number of nitrogens with one attached hydrogen (secondary N) is 1. The molecule has 1 atom stereocenters. The number of aromatic nitrogens is 4. The fraction of sp³-hybridized carbons (Fsp3) is 0.615. The average molecular weight is 261 g/mol. The van der Waals surface area contributed by atoms with Crippen LogP contribution in [0.5, 0.6) is 0 Å². The Hall–Kier alpha value is -1.69. The maximum absolute atomic E-state index is 5.22. The largest absolute Gasteiger partial charge is 0.338 e. The molecule has 0 saturated heterocycles. The molecule has 19 heavy (non-hydrogen) atoms. The van der Waals surface area contributed by atoms with Crippen LogP contribution < -0.4 is 5.32 Å². The van der Waals surface area contributed by atoms with E-state index in [9.17, 15) is 0 Å². The minimum Gasteiger partial charge on any atom is -0.338 e. The summed E-state index contributed by atoms with van der Waals surface area (Å²) in [6, 6.07) is 0.301. The number of aryl methyl sites for hydroxylation is 1. The Morgan fingerprint density at radius 3 is 3.05 bits per heavy atom. The minimum absolute atomic E-state index is 0.301. The second kappa shape index (κ2) is 5.13. The summed E-state index contributed by atoms with van der Waals surface area (Å²) in [5.74, 6) is 2.08. The Kier molecular flexibility index (Phi) is 3.33. The molecular formula is C13H19N5O. The lowest BCUT2D eigenvalue weighted by molar-refractivity contribution is 0.347. The van der Waals surface area contributed by atoms with Crippen molar-refractivity contribution in [2.24, 2.45) is 0 Å². The van der Waals surface area contributed by atoms with Crippen molar-refractivity contribution in [1.29, 1.82) is 0 Å². The molecule has 0 bridgehead atoms. The summed E-state index contributed by atoms with van der Waals surface area (Å²) in [7, 11) is 0.